The van der Waals surface area contributed by atoms with Gasteiger partial charge < -0.3 is 10.5 Å². The summed E-state index contributed by atoms with van der Waals surface area (Å²) < 4.78 is 51.8. The van der Waals surface area contributed by atoms with Crippen LogP contribution in [0.1, 0.15) is 19.4 Å². The molecule has 0 fully saturated rings. The Kier molecular flexibility index (Phi) is 5.07. The van der Waals surface area contributed by atoms with Crippen molar-refractivity contribution in [1.29, 1.82) is 0 Å². The van der Waals surface area contributed by atoms with Gasteiger partial charge in [0, 0.05) is 11.8 Å². The second kappa shape index (κ2) is 5.58. The number of alkyl halides is 3. The maximum Gasteiger partial charge on any atom is 0.573 e. The van der Waals surface area contributed by atoms with Crippen molar-refractivity contribution < 1.29 is 22.3 Å². The van der Waals surface area contributed by atoms with Gasteiger partial charge in [-0.25, -0.2) is 4.39 Å². The predicted octanol–water partition coefficient (Wildman–Crippen LogP) is 3.64. The number of hydrogen-bond donors (Lipinski definition) is 1. The predicted molar refractivity (Wildman–Crippen MR) is 53.6 cm³/mol. The van der Waals surface area contributed by atoms with Crippen LogP contribution in [0.3, 0.4) is 0 Å². The second-order valence-electron chi connectivity index (χ2n) is 2.70. The van der Waals surface area contributed by atoms with E-state index in [9.17, 15) is 17.6 Å². The number of nitrogens with two attached hydrogens (primary N) is 1. The van der Waals surface area contributed by atoms with Gasteiger partial charge in [-0.2, -0.15) is 0 Å². The minimum Gasteiger partial charge on any atom is -0.402 e. The van der Waals surface area contributed by atoms with Gasteiger partial charge in [0.2, 0.25) is 0 Å². The molecule has 0 saturated heterocycles. The number of anilines is 1. The van der Waals surface area contributed by atoms with Crippen LogP contribution in [0.25, 0.3) is 0 Å². The molecule has 0 aromatic heterocycles. The van der Waals surface area contributed by atoms with Crippen LogP contribution in [0.4, 0.5) is 23.2 Å². The first-order chi connectivity index (χ1) is 7.29. The summed E-state index contributed by atoms with van der Waals surface area (Å²) in [7, 11) is 0. The molecular weight excluding hydrogens is 226 g/mol. The monoisotopic (exact) mass is 239 g/mol. The zero-order valence-electron chi connectivity index (χ0n) is 9.15. The third-order valence-corrected chi connectivity index (χ3v) is 1.47. The molecule has 1 aromatic rings. The van der Waals surface area contributed by atoms with Gasteiger partial charge in [-0.1, -0.05) is 13.8 Å². The van der Waals surface area contributed by atoms with Crippen molar-refractivity contribution in [1.82, 2.24) is 0 Å². The fourth-order valence-corrected chi connectivity index (χ4v) is 1.00. The largest absolute Gasteiger partial charge is 0.573 e. The number of aryl methyl sites for hydroxylation is 1. The van der Waals surface area contributed by atoms with Gasteiger partial charge in [0.15, 0.2) is 11.6 Å². The SMILES string of the molecule is CC.Cc1cc(N)cc(F)c1OC(F)(F)F. The molecule has 0 aliphatic rings. The fraction of sp³-hybridized carbons (Fsp3) is 0.400. The Morgan fingerprint density at radius 2 is 1.69 bits per heavy atom. The molecule has 92 valence electrons. The van der Waals surface area contributed by atoms with Crippen molar-refractivity contribution in [3.05, 3.63) is 23.5 Å². The van der Waals surface area contributed by atoms with Crippen molar-refractivity contribution in [3.8, 4) is 5.75 Å². The Morgan fingerprint density at radius 3 is 2.06 bits per heavy atom. The van der Waals surface area contributed by atoms with Crippen LogP contribution in [0.15, 0.2) is 12.1 Å². The minimum atomic E-state index is -4.90. The number of ether oxygens (including phenoxy) is 1. The van der Waals surface area contributed by atoms with Crippen LogP contribution in [-0.2, 0) is 0 Å². The van der Waals surface area contributed by atoms with Crippen LogP contribution in [0, 0.1) is 12.7 Å². The first-order valence-electron chi connectivity index (χ1n) is 4.61. The van der Waals surface area contributed by atoms with Crippen molar-refractivity contribution >= 4 is 5.69 Å². The van der Waals surface area contributed by atoms with Gasteiger partial charge in [0.1, 0.15) is 0 Å². The molecule has 0 amide bonds. The molecule has 1 rings (SSSR count). The third kappa shape index (κ3) is 4.37. The molecule has 2 N–H and O–H groups in total. The van der Waals surface area contributed by atoms with Crippen LogP contribution in [0.5, 0.6) is 5.75 Å². The fourth-order valence-electron chi connectivity index (χ4n) is 1.00. The molecule has 0 saturated carbocycles. The molecular formula is C10H13F4NO. The van der Waals surface area contributed by atoms with Gasteiger partial charge in [-0.05, 0) is 18.6 Å². The summed E-state index contributed by atoms with van der Waals surface area (Å²) in [6.45, 7) is 5.28. The molecule has 0 atom stereocenters. The first kappa shape index (κ1) is 14.5. The van der Waals surface area contributed by atoms with Gasteiger partial charge in [0.05, 0.1) is 0 Å². The third-order valence-electron chi connectivity index (χ3n) is 1.47. The van der Waals surface area contributed by atoms with Crippen molar-refractivity contribution in [2.24, 2.45) is 0 Å². The first-order valence-corrected chi connectivity index (χ1v) is 4.61. The van der Waals surface area contributed by atoms with Crippen LogP contribution >= 0.6 is 0 Å². The Hall–Kier alpha value is -1.46. The van der Waals surface area contributed by atoms with E-state index in [1.54, 1.807) is 0 Å². The lowest BCUT2D eigenvalue weighted by Crippen LogP contribution is -2.18. The van der Waals surface area contributed by atoms with Crippen molar-refractivity contribution in [2.45, 2.75) is 27.1 Å². The summed E-state index contributed by atoms with van der Waals surface area (Å²) >= 11 is 0. The summed E-state index contributed by atoms with van der Waals surface area (Å²) in [5, 5.41) is 0. The lowest BCUT2D eigenvalue weighted by Gasteiger charge is -2.12. The van der Waals surface area contributed by atoms with E-state index in [-0.39, 0.29) is 11.3 Å². The summed E-state index contributed by atoms with van der Waals surface area (Å²) in [5.41, 5.74) is 5.27. The van der Waals surface area contributed by atoms with E-state index >= 15 is 0 Å². The van der Waals surface area contributed by atoms with Crippen LogP contribution in [0.2, 0.25) is 0 Å². The normalized spacial score (nSPS) is 10.4. The van der Waals surface area contributed by atoms with Crippen molar-refractivity contribution in [3.63, 3.8) is 0 Å². The van der Waals surface area contributed by atoms with Gasteiger partial charge in [0.25, 0.3) is 0 Å². The van der Waals surface area contributed by atoms with E-state index in [1.807, 2.05) is 13.8 Å². The molecule has 0 aliphatic carbocycles. The maximum atomic E-state index is 12.9. The van der Waals surface area contributed by atoms with Crippen LogP contribution in [-0.4, -0.2) is 6.36 Å². The highest BCUT2D eigenvalue weighted by molar-refractivity contribution is 5.48. The Morgan fingerprint density at radius 1 is 1.19 bits per heavy atom. The molecule has 0 heterocycles. The molecule has 16 heavy (non-hydrogen) atoms. The second-order valence-corrected chi connectivity index (χ2v) is 2.70. The number of rotatable bonds is 1. The highest BCUT2D eigenvalue weighted by Crippen LogP contribution is 2.30. The number of benzene rings is 1. The van der Waals surface area contributed by atoms with E-state index in [0.29, 0.717) is 0 Å². The molecule has 0 radical (unpaired) electrons. The number of hydrogen-bond acceptors (Lipinski definition) is 2. The highest BCUT2D eigenvalue weighted by atomic mass is 19.4. The average Bonchev–Trinajstić information content (AvgIpc) is 2.13. The lowest BCUT2D eigenvalue weighted by atomic mass is 10.2. The molecule has 0 spiro atoms. The van der Waals surface area contributed by atoms with Gasteiger partial charge >= 0.3 is 6.36 Å². The maximum absolute atomic E-state index is 12.9. The standard InChI is InChI=1S/C8H7F4NO.C2H6/c1-4-2-5(13)3-6(9)7(4)14-8(10,11)12;1-2/h2-3H,13H2,1H3;1-2H3. The molecule has 2 nitrogen and oxygen atoms in total. The molecule has 0 aliphatic heterocycles. The molecule has 0 bridgehead atoms. The van der Waals surface area contributed by atoms with Gasteiger partial charge in [-0.15, -0.1) is 13.2 Å². The molecule has 6 heteroatoms. The zero-order valence-corrected chi connectivity index (χ0v) is 9.15. The molecule has 1 aromatic carbocycles. The Labute approximate surface area is 91.0 Å². The summed E-state index contributed by atoms with van der Waals surface area (Å²) in [5.74, 6) is -1.97. The van der Waals surface area contributed by atoms with Crippen molar-refractivity contribution in [2.75, 3.05) is 5.73 Å². The quantitative estimate of drug-likeness (QED) is 0.599. The van der Waals surface area contributed by atoms with Gasteiger partial charge in [-0.3, -0.25) is 0 Å². The topological polar surface area (TPSA) is 35.2 Å². The van der Waals surface area contributed by atoms with E-state index in [0.717, 1.165) is 6.07 Å². The Balaban J connectivity index is 0.00000106. The number of nitrogen functional groups attached to an aromatic ring is 1. The minimum absolute atomic E-state index is 0.000162. The number of halogens is 4. The average molecular weight is 239 g/mol. The molecule has 0 unspecified atom stereocenters. The summed E-state index contributed by atoms with van der Waals surface area (Å²) in [6.07, 6.45) is -4.90. The Bertz CT molecular complexity index is 326. The van der Waals surface area contributed by atoms with E-state index in [1.165, 1.54) is 13.0 Å². The van der Waals surface area contributed by atoms with E-state index < -0.39 is 17.9 Å². The highest BCUT2D eigenvalue weighted by Gasteiger charge is 2.33. The summed E-state index contributed by atoms with van der Waals surface area (Å²) in [4.78, 5) is 0. The van der Waals surface area contributed by atoms with E-state index in [2.05, 4.69) is 4.74 Å². The van der Waals surface area contributed by atoms with E-state index in [4.69, 9.17) is 5.73 Å². The van der Waals surface area contributed by atoms with Crippen LogP contribution < -0.4 is 10.5 Å². The zero-order chi connectivity index (χ0) is 12.9. The summed E-state index contributed by atoms with van der Waals surface area (Å²) in [6, 6.07) is 1.97. The smallest absolute Gasteiger partial charge is 0.402 e. The lowest BCUT2D eigenvalue weighted by molar-refractivity contribution is -0.275.